The molecule has 1 atom stereocenters. The summed E-state index contributed by atoms with van der Waals surface area (Å²) in [7, 11) is 1.70. The SMILES string of the molecule is COc1ccc2c(c1)C(Cc1nn[nH]n1)CC2. The fraction of sp³-hybridized carbons (Fsp3) is 0.417. The standard InChI is InChI=1S/C12H14N4O/c1-17-10-5-4-8-2-3-9(11(8)7-10)6-12-13-15-16-14-12/h4-5,7,9H,2-3,6H2,1H3,(H,13,14,15,16). The number of hydrogen-bond acceptors (Lipinski definition) is 4. The lowest BCUT2D eigenvalue weighted by Crippen LogP contribution is -2.01. The Kier molecular flexibility index (Phi) is 2.51. The van der Waals surface area contributed by atoms with Gasteiger partial charge < -0.3 is 4.74 Å². The van der Waals surface area contributed by atoms with Crippen LogP contribution in [0.3, 0.4) is 0 Å². The van der Waals surface area contributed by atoms with E-state index in [9.17, 15) is 0 Å². The van der Waals surface area contributed by atoms with Gasteiger partial charge in [-0.15, -0.1) is 10.2 Å². The van der Waals surface area contributed by atoms with Crippen LogP contribution in [0.4, 0.5) is 0 Å². The molecule has 0 amide bonds. The zero-order valence-electron chi connectivity index (χ0n) is 9.68. The first-order chi connectivity index (χ1) is 8.36. The molecule has 17 heavy (non-hydrogen) atoms. The van der Waals surface area contributed by atoms with Crippen LogP contribution in [0, 0.1) is 0 Å². The highest BCUT2D eigenvalue weighted by Gasteiger charge is 2.24. The zero-order valence-corrected chi connectivity index (χ0v) is 9.68. The molecule has 5 nitrogen and oxygen atoms in total. The fourth-order valence-electron chi connectivity index (χ4n) is 2.49. The van der Waals surface area contributed by atoms with E-state index >= 15 is 0 Å². The van der Waals surface area contributed by atoms with Gasteiger partial charge >= 0.3 is 0 Å². The number of tetrazole rings is 1. The van der Waals surface area contributed by atoms with Gasteiger partial charge in [-0.25, -0.2) is 0 Å². The number of ether oxygens (including phenoxy) is 1. The quantitative estimate of drug-likeness (QED) is 0.867. The topological polar surface area (TPSA) is 63.7 Å². The molecule has 1 aliphatic carbocycles. The van der Waals surface area contributed by atoms with Gasteiger partial charge in [0, 0.05) is 6.42 Å². The van der Waals surface area contributed by atoms with Crippen LogP contribution in [-0.4, -0.2) is 27.7 Å². The molecule has 0 bridgehead atoms. The molecule has 1 heterocycles. The Labute approximate surface area is 99.2 Å². The van der Waals surface area contributed by atoms with Crippen molar-refractivity contribution in [3.63, 3.8) is 0 Å². The van der Waals surface area contributed by atoms with E-state index in [-0.39, 0.29) is 0 Å². The van der Waals surface area contributed by atoms with Crippen molar-refractivity contribution in [2.45, 2.75) is 25.2 Å². The average molecular weight is 230 g/mol. The number of nitrogens with zero attached hydrogens (tertiary/aromatic N) is 3. The lowest BCUT2D eigenvalue weighted by molar-refractivity contribution is 0.414. The smallest absolute Gasteiger partial charge is 0.175 e. The fourth-order valence-corrected chi connectivity index (χ4v) is 2.49. The van der Waals surface area contributed by atoms with Crippen LogP contribution in [0.5, 0.6) is 5.75 Å². The van der Waals surface area contributed by atoms with Crippen molar-refractivity contribution in [2.75, 3.05) is 7.11 Å². The highest BCUT2D eigenvalue weighted by molar-refractivity contribution is 5.41. The van der Waals surface area contributed by atoms with Gasteiger partial charge in [0.1, 0.15) is 5.75 Å². The monoisotopic (exact) mass is 230 g/mol. The Morgan fingerprint density at radius 2 is 2.41 bits per heavy atom. The lowest BCUT2D eigenvalue weighted by atomic mass is 9.97. The molecule has 0 aliphatic heterocycles. The molecule has 1 aromatic carbocycles. The van der Waals surface area contributed by atoms with Crippen molar-refractivity contribution in [2.24, 2.45) is 0 Å². The predicted molar refractivity (Wildman–Crippen MR) is 61.9 cm³/mol. The maximum absolute atomic E-state index is 5.27. The molecule has 0 saturated heterocycles. The normalized spacial score (nSPS) is 18.1. The van der Waals surface area contributed by atoms with Gasteiger partial charge in [-0.05, 0) is 42.0 Å². The molecular formula is C12H14N4O. The van der Waals surface area contributed by atoms with Crippen LogP contribution in [0.25, 0.3) is 0 Å². The van der Waals surface area contributed by atoms with Gasteiger partial charge in [0.05, 0.1) is 7.11 Å². The average Bonchev–Trinajstić information content (AvgIpc) is 2.99. The number of aryl methyl sites for hydroxylation is 1. The lowest BCUT2D eigenvalue weighted by Gasteiger charge is -2.10. The summed E-state index contributed by atoms with van der Waals surface area (Å²) in [6.07, 6.45) is 3.12. The van der Waals surface area contributed by atoms with Gasteiger partial charge in [0.2, 0.25) is 0 Å². The van der Waals surface area contributed by atoms with Crippen molar-refractivity contribution >= 4 is 0 Å². The minimum atomic E-state index is 0.484. The van der Waals surface area contributed by atoms with Crippen LogP contribution in [0.1, 0.15) is 29.3 Å². The summed E-state index contributed by atoms with van der Waals surface area (Å²) in [5, 5.41) is 14.1. The summed E-state index contributed by atoms with van der Waals surface area (Å²) in [6, 6.07) is 6.31. The minimum absolute atomic E-state index is 0.484. The Morgan fingerprint density at radius 1 is 1.47 bits per heavy atom. The summed E-state index contributed by atoms with van der Waals surface area (Å²) < 4.78 is 5.27. The van der Waals surface area contributed by atoms with E-state index in [0.29, 0.717) is 5.92 Å². The maximum atomic E-state index is 5.27. The molecular weight excluding hydrogens is 216 g/mol. The molecule has 2 aromatic rings. The van der Waals surface area contributed by atoms with Crippen molar-refractivity contribution < 1.29 is 4.74 Å². The van der Waals surface area contributed by atoms with Crippen LogP contribution in [-0.2, 0) is 12.8 Å². The number of nitrogens with one attached hydrogen (secondary N) is 1. The Balaban J connectivity index is 1.87. The maximum Gasteiger partial charge on any atom is 0.175 e. The molecule has 1 aliphatic rings. The van der Waals surface area contributed by atoms with Crippen molar-refractivity contribution in [1.82, 2.24) is 20.6 Å². The van der Waals surface area contributed by atoms with Gasteiger partial charge in [0.25, 0.3) is 0 Å². The second kappa shape index (κ2) is 4.16. The second-order valence-electron chi connectivity index (χ2n) is 4.33. The molecule has 0 fully saturated rings. The van der Waals surface area contributed by atoms with E-state index in [1.165, 1.54) is 11.1 Å². The number of benzene rings is 1. The summed E-state index contributed by atoms with van der Waals surface area (Å²) in [5.41, 5.74) is 2.79. The predicted octanol–water partition coefficient (Wildman–Crippen LogP) is 1.48. The van der Waals surface area contributed by atoms with Crippen LogP contribution < -0.4 is 4.74 Å². The molecule has 1 N–H and O–H groups in total. The summed E-state index contributed by atoms with van der Waals surface area (Å²) >= 11 is 0. The van der Waals surface area contributed by atoms with E-state index in [2.05, 4.69) is 32.8 Å². The van der Waals surface area contributed by atoms with Gasteiger partial charge in [-0.1, -0.05) is 11.3 Å². The van der Waals surface area contributed by atoms with E-state index in [0.717, 1.165) is 30.8 Å². The van der Waals surface area contributed by atoms with Crippen LogP contribution in [0.15, 0.2) is 18.2 Å². The third-order valence-electron chi connectivity index (χ3n) is 3.37. The Hall–Kier alpha value is -1.91. The molecule has 3 rings (SSSR count). The first kappa shape index (κ1) is 10.3. The number of aromatic nitrogens is 4. The minimum Gasteiger partial charge on any atom is -0.497 e. The van der Waals surface area contributed by atoms with Crippen molar-refractivity contribution in [3.05, 3.63) is 35.2 Å². The number of aromatic amines is 1. The second-order valence-corrected chi connectivity index (χ2v) is 4.33. The number of fused-ring (bicyclic) bond motifs is 1. The number of rotatable bonds is 3. The molecule has 0 saturated carbocycles. The molecule has 0 spiro atoms. The van der Waals surface area contributed by atoms with E-state index in [4.69, 9.17) is 4.74 Å². The first-order valence-corrected chi connectivity index (χ1v) is 5.76. The highest BCUT2D eigenvalue weighted by Crippen LogP contribution is 2.36. The van der Waals surface area contributed by atoms with Crippen molar-refractivity contribution in [3.8, 4) is 5.75 Å². The number of hydrogen-bond donors (Lipinski definition) is 1. The van der Waals surface area contributed by atoms with Gasteiger partial charge in [-0.2, -0.15) is 5.21 Å². The summed E-state index contributed by atoms with van der Waals surface area (Å²) in [5.74, 6) is 2.19. The van der Waals surface area contributed by atoms with E-state index in [1.807, 2.05) is 6.07 Å². The van der Waals surface area contributed by atoms with Crippen LogP contribution in [0.2, 0.25) is 0 Å². The molecule has 1 unspecified atom stereocenters. The van der Waals surface area contributed by atoms with Crippen LogP contribution >= 0.6 is 0 Å². The largest absolute Gasteiger partial charge is 0.497 e. The highest BCUT2D eigenvalue weighted by atomic mass is 16.5. The summed E-state index contributed by atoms with van der Waals surface area (Å²) in [4.78, 5) is 0. The van der Waals surface area contributed by atoms with Crippen molar-refractivity contribution in [1.29, 1.82) is 0 Å². The zero-order chi connectivity index (χ0) is 11.7. The first-order valence-electron chi connectivity index (χ1n) is 5.76. The van der Waals surface area contributed by atoms with E-state index in [1.54, 1.807) is 7.11 Å². The molecule has 0 radical (unpaired) electrons. The Bertz CT molecular complexity index is 509. The summed E-state index contributed by atoms with van der Waals surface area (Å²) in [6.45, 7) is 0. The number of H-pyrrole nitrogens is 1. The molecule has 1 aromatic heterocycles. The van der Waals surface area contributed by atoms with Gasteiger partial charge in [-0.3, -0.25) is 0 Å². The molecule has 5 heteroatoms. The Morgan fingerprint density at radius 3 is 3.18 bits per heavy atom. The third-order valence-corrected chi connectivity index (χ3v) is 3.37. The van der Waals surface area contributed by atoms with Gasteiger partial charge in [0.15, 0.2) is 5.82 Å². The third kappa shape index (κ3) is 1.88. The number of methoxy groups -OCH3 is 1. The molecule has 88 valence electrons. The van der Waals surface area contributed by atoms with E-state index < -0.39 is 0 Å².